The summed E-state index contributed by atoms with van der Waals surface area (Å²) in [6.45, 7) is 5.83. The van der Waals surface area contributed by atoms with Gasteiger partial charge in [0.2, 0.25) is 0 Å². The molecule has 2 aliphatic rings. The molecule has 1 N–H and O–H groups in total. The van der Waals surface area contributed by atoms with Gasteiger partial charge in [0.1, 0.15) is 0 Å². The van der Waals surface area contributed by atoms with E-state index in [1.165, 1.54) is 25.7 Å². The van der Waals surface area contributed by atoms with Crippen molar-refractivity contribution >= 4 is 5.84 Å². The third kappa shape index (κ3) is 1.55. The van der Waals surface area contributed by atoms with Crippen LogP contribution in [-0.4, -0.2) is 23.3 Å². The first-order chi connectivity index (χ1) is 6.74. The number of rotatable bonds is 2. The van der Waals surface area contributed by atoms with Crippen molar-refractivity contribution in [2.45, 2.75) is 52.0 Å². The Morgan fingerprint density at radius 3 is 2.71 bits per heavy atom. The SMILES string of the molecule is CCC1CCC(N2CCCC2=N)C1C. The van der Waals surface area contributed by atoms with Crippen molar-refractivity contribution < 1.29 is 0 Å². The van der Waals surface area contributed by atoms with E-state index in [2.05, 4.69) is 18.7 Å². The first-order valence-corrected chi connectivity index (χ1v) is 6.08. The maximum atomic E-state index is 7.91. The van der Waals surface area contributed by atoms with Crippen LogP contribution in [0.3, 0.4) is 0 Å². The zero-order chi connectivity index (χ0) is 10.1. The Kier molecular flexibility index (Phi) is 2.80. The number of hydrogen-bond acceptors (Lipinski definition) is 1. The normalized spacial score (nSPS) is 38.3. The fourth-order valence-electron chi connectivity index (χ4n) is 3.30. The molecule has 80 valence electrons. The van der Waals surface area contributed by atoms with Crippen LogP contribution in [0.2, 0.25) is 0 Å². The number of amidine groups is 1. The molecule has 0 aromatic heterocycles. The van der Waals surface area contributed by atoms with Crippen molar-refractivity contribution in [3.8, 4) is 0 Å². The average molecular weight is 194 g/mol. The molecule has 3 atom stereocenters. The Labute approximate surface area is 87.2 Å². The molecule has 1 saturated heterocycles. The fraction of sp³-hybridized carbons (Fsp3) is 0.917. The molecule has 1 heterocycles. The molecule has 0 aromatic carbocycles. The van der Waals surface area contributed by atoms with Crippen LogP contribution in [-0.2, 0) is 0 Å². The van der Waals surface area contributed by atoms with E-state index in [-0.39, 0.29) is 0 Å². The predicted octanol–water partition coefficient (Wildman–Crippen LogP) is 2.88. The van der Waals surface area contributed by atoms with Crippen LogP contribution in [0.5, 0.6) is 0 Å². The molecule has 0 spiro atoms. The summed E-state index contributed by atoms with van der Waals surface area (Å²) < 4.78 is 0. The summed E-state index contributed by atoms with van der Waals surface area (Å²) in [5.41, 5.74) is 0. The second-order valence-electron chi connectivity index (χ2n) is 4.92. The van der Waals surface area contributed by atoms with Crippen LogP contribution in [0.4, 0.5) is 0 Å². The second-order valence-corrected chi connectivity index (χ2v) is 4.92. The molecule has 14 heavy (non-hydrogen) atoms. The molecule has 1 aliphatic heterocycles. The molecule has 2 heteroatoms. The van der Waals surface area contributed by atoms with Gasteiger partial charge in [-0.05, 0) is 31.1 Å². The number of nitrogens with zero attached hydrogens (tertiary/aromatic N) is 1. The zero-order valence-corrected chi connectivity index (χ0v) is 9.42. The predicted molar refractivity (Wildman–Crippen MR) is 59.6 cm³/mol. The van der Waals surface area contributed by atoms with Gasteiger partial charge in [-0.15, -0.1) is 0 Å². The van der Waals surface area contributed by atoms with Crippen molar-refractivity contribution in [3.05, 3.63) is 0 Å². The maximum absolute atomic E-state index is 7.91. The first-order valence-electron chi connectivity index (χ1n) is 6.08. The van der Waals surface area contributed by atoms with Gasteiger partial charge in [-0.3, -0.25) is 5.41 Å². The first kappa shape index (κ1) is 10.0. The molecule has 0 amide bonds. The van der Waals surface area contributed by atoms with Crippen molar-refractivity contribution in [2.75, 3.05) is 6.54 Å². The third-order valence-corrected chi connectivity index (χ3v) is 4.27. The number of nitrogens with one attached hydrogen (secondary N) is 1. The zero-order valence-electron chi connectivity index (χ0n) is 9.42. The largest absolute Gasteiger partial charge is 0.357 e. The van der Waals surface area contributed by atoms with E-state index in [1.54, 1.807) is 0 Å². The highest BCUT2D eigenvalue weighted by molar-refractivity contribution is 5.81. The summed E-state index contributed by atoms with van der Waals surface area (Å²) in [6.07, 6.45) is 6.24. The molecule has 3 unspecified atom stereocenters. The Morgan fingerprint density at radius 1 is 1.43 bits per heavy atom. The van der Waals surface area contributed by atoms with Crippen LogP contribution < -0.4 is 0 Å². The minimum Gasteiger partial charge on any atom is -0.357 e. The molecule has 2 rings (SSSR count). The molecule has 0 aromatic rings. The van der Waals surface area contributed by atoms with E-state index in [4.69, 9.17) is 5.41 Å². The van der Waals surface area contributed by atoms with Crippen molar-refractivity contribution in [2.24, 2.45) is 11.8 Å². The standard InChI is InChI=1S/C12H22N2/c1-3-10-6-7-11(9(10)2)14-8-4-5-12(14)13/h9-11,13H,3-8H2,1-2H3. The highest BCUT2D eigenvalue weighted by atomic mass is 15.2. The van der Waals surface area contributed by atoms with E-state index in [9.17, 15) is 0 Å². The van der Waals surface area contributed by atoms with E-state index in [0.717, 1.165) is 30.6 Å². The Bertz CT molecular complexity index is 224. The number of hydrogen-bond donors (Lipinski definition) is 1. The third-order valence-electron chi connectivity index (χ3n) is 4.27. The lowest BCUT2D eigenvalue weighted by atomic mass is 9.93. The lowest BCUT2D eigenvalue weighted by Crippen LogP contribution is -2.38. The highest BCUT2D eigenvalue weighted by Gasteiger charge is 2.37. The molecular weight excluding hydrogens is 172 g/mol. The van der Waals surface area contributed by atoms with Gasteiger partial charge in [0.05, 0.1) is 5.84 Å². The minimum absolute atomic E-state index is 0.690. The van der Waals surface area contributed by atoms with Gasteiger partial charge in [0, 0.05) is 19.0 Å². The molecule has 1 aliphatic carbocycles. The Balaban J connectivity index is 2.02. The van der Waals surface area contributed by atoms with E-state index < -0.39 is 0 Å². The van der Waals surface area contributed by atoms with Gasteiger partial charge in [0.15, 0.2) is 0 Å². The molecule has 2 fully saturated rings. The highest BCUT2D eigenvalue weighted by Crippen LogP contribution is 2.38. The van der Waals surface area contributed by atoms with Crippen molar-refractivity contribution in [1.82, 2.24) is 4.90 Å². The number of likely N-dealkylation sites (tertiary alicyclic amines) is 1. The summed E-state index contributed by atoms with van der Waals surface area (Å²) in [5.74, 6) is 2.62. The van der Waals surface area contributed by atoms with E-state index >= 15 is 0 Å². The van der Waals surface area contributed by atoms with Crippen LogP contribution in [0, 0.1) is 17.2 Å². The summed E-state index contributed by atoms with van der Waals surface area (Å²) in [7, 11) is 0. The van der Waals surface area contributed by atoms with Crippen LogP contribution in [0.15, 0.2) is 0 Å². The monoisotopic (exact) mass is 194 g/mol. The van der Waals surface area contributed by atoms with E-state index in [0.29, 0.717) is 6.04 Å². The van der Waals surface area contributed by atoms with Crippen LogP contribution in [0.25, 0.3) is 0 Å². The second kappa shape index (κ2) is 3.92. The smallest absolute Gasteiger partial charge is 0.0960 e. The summed E-state index contributed by atoms with van der Waals surface area (Å²) in [5, 5.41) is 7.91. The Hall–Kier alpha value is -0.530. The lowest BCUT2D eigenvalue weighted by Gasteiger charge is -2.30. The van der Waals surface area contributed by atoms with Crippen LogP contribution >= 0.6 is 0 Å². The molecule has 0 bridgehead atoms. The molecule has 1 saturated carbocycles. The van der Waals surface area contributed by atoms with Gasteiger partial charge in [-0.2, -0.15) is 0 Å². The van der Waals surface area contributed by atoms with Crippen LogP contribution in [0.1, 0.15) is 46.0 Å². The summed E-state index contributed by atoms with van der Waals surface area (Å²) in [4.78, 5) is 2.38. The van der Waals surface area contributed by atoms with Gasteiger partial charge in [-0.1, -0.05) is 20.3 Å². The van der Waals surface area contributed by atoms with Gasteiger partial charge in [-0.25, -0.2) is 0 Å². The molecule has 2 nitrogen and oxygen atoms in total. The summed E-state index contributed by atoms with van der Waals surface area (Å²) in [6, 6.07) is 0.690. The molecule has 0 radical (unpaired) electrons. The quantitative estimate of drug-likeness (QED) is 0.719. The lowest BCUT2D eigenvalue weighted by molar-refractivity contribution is 0.251. The van der Waals surface area contributed by atoms with E-state index in [1.807, 2.05) is 0 Å². The minimum atomic E-state index is 0.690. The maximum Gasteiger partial charge on any atom is 0.0960 e. The van der Waals surface area contributed by atoms with Crippen molar-refractivity contribution in [3.63, 3.8) is 0 Å². The molecular formula is C12H22N2. The average Bonchev–Trinajstić information content (AvgIpc) is 2.72. The fourth-order valence-corrected chi connectivity index (χ4v) is 3.30. The van der Waals surface area contributed by atoms with Gasteiger partial charge < -0.3 is 4.90 Å². The van der Waals surface area contributed by atoms with Gasteiger partial charge in [0.25, 0.3) is 0 Å². The topological polar surface area (TPSA) is 27.1 Å². The summed E-state index contributed by atoms with van der Waals surface area (Å²) >= 11 is 0. The van der Waals surface area contributed by atoms with Gasteiger partial charge >= 0.3 is 0 Å². The van der Waals surface area contributed by atoms with Crippen molar-refractivity contribution in [1.29, 1.82) is 5.41 Å². The Morgan fingerprint density at radius 2 is 2.21 bits per heavy atom.